The molecule has 2 rings (SSSR count). The van der Waals surface area contributed by atoms with Gasteiger partial charge in [0, 0.05) is 0 Å². The summed E-state index contributed by atoms with van der Waals surface area (Å²) in [6, 6.07) is 4.50. The van der Waals surface area contributed by atoms with Crippen molar-refractivity contribution in [1.82, 2.24) is 4.31 Å². The average Bonchev–Trinajstić information content (AvgIpc) is 2.35. The summed E-state index contributed by atoms with van der Waals surface area (Å²) in [5, 5.41) is 2.74. The Morgan fingerprint density at radius 3 is 2.44 bits per heavy atom. The molecule has 1 aliphatic rings. The van der Waals surface area contributed by atoms with Crippen LogP contribution in [-0.4, -0.2) is 38.9 Å². The van der Waals surface area contributed by atoms with Crippen molar-refractivity contribution in [3.8, 4) is 0 Å². The molecule has 1 aromatic rings. The first-order valence-electron chi connectivity index (χ1n) is 5.49. The fraction of sp³-hybridized carbons (Fsp3) is 0.400. The molecule has 1 saturated heterocycles. The van der Waals surface area contributed by atoms with E-state index in [1.165, 1.54) is 22.5 Å². The van der Waals surface area contributed by atoms with Crippen LogP contribution in [0.4, 0.5) is 5.69 Å². The Morgan fingerprint density at radius 1 is 1.17 bits per heavy atom. The minimum atomic E-state index is -3.63. The van der Waals surface area contributed by atoms with E-state index in [1.54, 1.807) is 0 Å². The summed E-state index contributed by atoms with van der Waals surface area (Å²) in [4.78, 5) is 0. The third-order valence-corrected chi connectivity index (χ3v) is 4.81. The predicted molar refractivity (Wildman–Crippen MR) is 71.6 cm³/mol. The second-order valence-electron chi connectivity index (χ2n) is 3.93. The molecule has 0 radical (unpaired) electrons. The lowest BCUT2D eigenvalue weighted by atomic mass is 10.3. The van der Waals surface area contributed by atoms with Crippen molar-refractivity contribution in [2.24, 2.45) is 0 Å². The quantitative estimate of drug-likeness (QED) is 0.909. The van der Waals surface area contributed by atoms with Crippen LogP contribution in [0, 0.1) is 0 Å². The van der Waals surface area contributed by atoms with Crippen molar-refractivity contribution < 1.29 is 13.7 Å². The second-order valence-corrected chi connectivity index (χ2v) is 6.34. The molecular weight excluding hydrogens is 297 g/mol. The van der Waals surface area contributed by atoms with Crippen molar-refractivity contribution in [2.75, 3.05) is 26.2 Å². The zero-order valence-electron chi connectivity index (χ0n) is 9.51. The summed E-state index contributed by atoms with van der Waals surface area (Å²) < 4.78 is 29.2. The molecule has 0 bridgehead atoms. The SMILES string of the molecule is O=S(=O)([N-]c1ccc(Cl)c(Cl)c1)N1CC[NH2+]CC1. The molecule has 100 valence electrons. The van der Waals surface area contributed by atoms with E-state index in [2.05, 4.69) is 10.0 Å². The Morgan fingerprint density at radius 2 is 1.83 bits per heavy atom. The van der Waals surface area contributed by atoms with Crippen LogP contribution >= 0.6 is 23.2 Å². The molecule has 8 heteroatoms. The lowest BCUT2D eigenvalue weighted by Gasteiger charge is -2.32. The van der Waals surface area contributed by atoms with Crippen LogP contribution in [-0.2, 0) is 10.2 Å². The van der Waals surface area contributed by atoms with Gasteiger partial charge in [0.15, 0.2) is 10.2 Å². The minimum absolute atomic E-state index is 0.291. The molecule has 1 fully saturated rings. The Bertz CT molecular complexity index is 530. The molecule has 0 unspecified atom stereocenters. The van der Waals surface area contributed by atoms with Gasteiger partial charge in [0.25, 0.3) is 0 Å². The molecule has 1 aliphatic heterocycles. The number of piperazine rings is 1. The maximum Gasteiger partial charge on any atom is 0.160 e. The number of nitrogens with zero attached hydrogens (tertiary/aromatic N) is 2. The molecule has 2 N–H and O–H groups in total. The molecule has 0 aromatic heterocycles. The number of hydrogen-bond donors (Lipinski definition) is 1. The summed E-state index contributed by atoms with van der Waals surface area (Å²) in [5.41, 5.74) is 0.291. The first kappa shape index (κ1) is 13.9. The molecule has 1 heterocycles. The lowest BCUT2D eigenvalue weighted by molar-refractivity contribution is -0.661. The molecule has 1 aromatic carbocycles. The van der Waals surface area contributed by atoms with E-state index in [0.29, 0.717) is 28.8 Å². The van der Waals surface area contributed by atoms with Crippen LogP contribution < -0.4 is 5.32 Å². The Hall–Kier alpha value is -0.530. The molecular formula is C10H13Cl2N3O2S. The van der Waals surface area contributed by atoms with Crippen LogP contribution in [0.25, 0.3) is 4.72 Å². The third kappa shape index (κ3) is 3.27. The smallest absolute Gasteiger partial charge is 0.160 e. The van der Waals surface area contributed by atoms with Crippen molar-refractivity contribution in [3.63, 3.8) is 0 Å². The van der Waals surface area contributed by atoms with Gasteiger partial charge in [-0.15, -0.1) is 5.69 Å². The van der Waals surface area contributed by atoms with Crippen LogP contribution in [0.5, 0.6) is 0 Å². The Balaban J connectivity index is 2.13. The zero-order valence-corrected chi connectivity index (χ0v) is 11.8. The summed E-state index contributed by atoms with van der Waals surface area (Å²) in [7, 11) is -3.63. The number of hydrogen-bond acceptors (Lipinski definition) is 2. The topological polar surface area (TPSA) is 68.1 Å². The number of rotatable bonds is 3. The molecule has 5 nitrogen and oxygen atoms in total. The van der Waals surface area contributed by atoms with E-state index in [0.717, 1.165) is 13.1 Å². The molecule has 0 atom stereocenters. The van der Waals surface area contributed by atoms with Gasteiger partial charge in [-0.05, 0) is 6.07 Å². The van der Waals surface area contributed by atoms with E-state index >= 15 is 0 Å². The van der Waals surface area contributed by atoms with Crippen LogP contribution in [0.1, 0.15) is 0 Å². The van der Waals surface area contributed by atoms with Gasteiger partial charge >= 0.3 is 0 Å². The highest BCUT2D eigenvalue weighted by Gasteiger charge is 2.19. The molecule has 0 spiro atoms. The average molecular weight is 310 g/mol. The predicted octanol–water partition coefficient (Wildman–Crippen LogP) is 1.12. The highest BCUT2D eigenvalue weighted by molar-refractivity contribution is 7.92. The van der Waals surface area contributed by atoms with Crippen molar-refractivity contribution in [1.29, 1.82) is 0 Å². The minimum Gasteiger partial charge on any atom is -0.564 e. The first-order chi connectivity index (χ1) is 8.49. The van der Waals surface area contributed by atoms with E-state index < -0.39 is 10.2 Å². The third-order valence-electron chi connectivity index (χ3n) is 2.62. The fourth-order valence-electron chi connectivity index (χ4n) is 1.69. The van der Waals surface area contributed by atoms with Crippen molar-refractivity contribution >= 4 is 39.1 Å². The summed E-state index contributed by atoms with van der Waals surface area (Å²) >= 11 is 11.6. The van der Waals surface area contributed by atoms with Crippen molar-refractivity contribution in [2.45, 2.75) is 0 Å². The van der Waals surface area contributed by atoms with Gasteiger partial charge in [0.05, 0.1) is 36.2 Å². The molecule has 18 heavy (non-hydrogen) atoms. The summed E-state index contributed by atoms with van der Waals surface area (Å²) in [5.74, 6) is 0. The summed E-state index contributed by atoms with van der Waals surface area (Å²) in [6.45, 7) is 2.48. The van der Waals surface area contributed by atoms with Crippen LogP contribution in [0.15, 0.2) is 18.2 Å². The fourth-order valence-corrected chi connectivity index (χ4v) is 3.15. The van der Waals surface area contributed by atoms with Gasteiger partial charge < -0.3 is 10.0 Å². The molecule has 0 aliphatic carbocycles. The Labute approximate surface area is 116 Å². The standard InChI is InChI=1S/C10H12Cl2N3O2S/c11-9-2-1-8(7-10(9)12)14-18(16,17)15-5-3-13-4-6-15/h1-2,7,13H,3-6H2/q-1/p+1. The lowest BCUT2D eigenvalue weighted by Crippen LogP contribution is -2.89. The highest BCUT2D eigenvalue weighted by Crippen LogP contribution is 2.31. The van der Waals surface area contributed by atoms with Crippen molar-refractivity contribution in [3.05, 3.63) is 33.0 Å². The Kier molecular flexibility index (Phi) is 4.34. The van der Waals surface area contributed by atoms with Gasteiger partial charge in [0.2, 0.25) is 0 Å². The number of quaternary nitrogens is 1. The van der Waals surface area contributed by atoms with Gasteiger partial charge in [-0.1, -0.05) is 35.3 Å². The molecule has 0 amide bonds. The molecule has 0 saturated carbocycles. The van der Waals surface area contributed by atoms with Gasteiger partial charge in [-0.2, -0.15) is 0 Å². The van der Waals surface area contributed by atoms with Crippen LogP contribution in [0.3, 0.4) is 0 Å². The van der Waals surface area contributed by atoms with Gasteiger partial charge in [-0.25, -0.2) is 12.7 Å². The second kappa shape index (κ2) is 5.63. The van der Waals surface area contributed by atoms with E-state index in [4.69, 9.17) is 23.2 Å². The van der Waals surface area contributed by atoms with E-state index in [9.17, 15) is 8.42 Å². The van der Waals surface area contributed by atoms with E-state index in [1.807, 2.05) is 0 Å². The maximum atomic E-state index is 12.0. The van der Waals surface area contributed by atoms with Crippen LogP contribution in [0.2, 0.25) is 10.0 Å². The summed E-state index contributed by atoms with van der Waals surface area (Å²) in [6.07, 6.45) is 0. The van der Waals surface area contributed by atoms with Gasteiger partial charge in [0.1, 0.15) is 0 Å². The highest BCUT2D eigenvalue weighted by atomic mass is 35.5. The van der Waals surface area contributed by atoms with E-state index in [-0.39, 0.29) is 0 Å². The first-order valence-corrected chi connectivity index (χ1v) is 7.64. The largest absolute Gasteiger partial charge is 0.564 e. The monoisotopic (exact) mass is 309 g/mol. The number of nitrogens with two attached hydrogens (primary N) is 1. The number of halogens is 2. The number of benzene rings is 1. The van der Waals surface area contributed by atoms with Gasteiger partial charge in [-0.3, -0.25) is 0 Å². The zero-order chi connectivity index (χ0) is 13.2. The maximum absolute atomic E-state index is 12.0. The normalized spacial score (nSPS) is 17.7.